The van der Waals surface area contributed by atoms with Crippen LogP contribution in [0.1, 0.15) is 21.5 Å². The number of fused-ring (bicyclic) bond motifs is 1. The van der Waals surface area contributed by atoms with E-state index in [1.807, 2.05) is 36.4 Å². The van der Waals surface area contributed by atoms with Gasteiger partial charge in [0.25, 0.3) is 11.5 Å². The second-order valence-corrected chi connectivity index (χ2v) is 8.48. The van der Waals surface area contributed by atoms with Crippen LogP contribution in [0, 0.1) is 11.6 Å². The van der Waals surface area contributed by atoms with Crippen molar-refractivity contribution in [2.45, 2.75) is 6.54 Å². The number of hydrogen-bond acceptors (Lipinski definition) is 7. The fraction of sp³-hybridized carbons (Fsp3) is 0.0714. The van der Waals surface area contributed by atoms with Crippen molar-refractivity contribution in [3.8, 4) is 0 Å². The monoisotopic (exact) mass is 525 g/mol. The summed E-state index contributed by atoms with van der Waals surface area (Å²) in [4.78, 5) is 45.9. The minimum absolute atomic E-state index is 0.0493. The second-order valence-electron chi connectivity index (χ2n) is 8.48. The van der Waals surface area contributed by atoms with E-state index in [0.717, 1.165) is 28.6 Å². The van der Waals surface area contributed by atoms with Gasteiger partial charge in [-0.15, -0.1) is 0 Å². The van der Waals surface area contributed by atoms with Crippen molar-refractivity contribution >= 4 is 34.7 Å². The first-order valence-electron chi connectivity index (χ1n) is 11.8. The van der Waals surface area contributed by atoms with Crippen LogP contribution in [-0.2, 0) is 6.54 Å². The van der Waals surface area contributed by atoms with Gasteiger partial charge in [0.1, 0.15) is 11.4 Å². The lowest BCUT2D eigenvalue weighted by Crippen LogP contribution is -2.34. The van der Waals surface area contributed by atoms with Crippen LogP contribution in [0.5, 0.6) is 0 Å². The fourth-order valence-corrected chi connectivity index (χ4v) is 3.83. The molecule has 0 aliphatic heterocycles. The lowest BCUT2D eigenvalue weighted by atomic mass is 10.1. The fourth-order valence-electron chi connectivity index (χ4n) is 3.83. The number of H-pyrrole nitrogens is 1. The molecule has 0 bridgehead atoms. The summed E-state index contributed by atoms with van der Waals surface area (Å²) in [6.07, 6.45) is 9.25. The summed E-state index contributed by atoms with van der Waals surface area (Å²) in [5.74, 6) is -1.56. The molecule has 0 unspecified atom stereocenters. The van der Waals surface area contributed by atoms with E-state index in [1.54, 1.807) is 24.5 Å². The van der Waals surface area contributed by atoms with Gasteiger partial charge in [0, 0.05) is 37.1 Å². The number of nitrogens with one attached hydrogen (secondary N) is 2. The molecular formula is C28H21F2N7O2. The first-order valence-corrected chi connectivity index (χ1v) is 11.8. The molecule has 2 aromatic carbocycles. The number of aromatic amines is 1. The van der Waals surface area contributed by atoms with Crippen molar-refractivity contribution in [1.29, 1.82) is 0 Å². The molecule has 0 spiro atoms. The van der Waals surface area contributed by atoms with Crippen LogP contribution in [0.3, 0.4) is 0 Å². The van der Waals surface area contributed by atoms with E-state index in [9.17, 15) is 18.4 Å². The molecule has 0 fully saturated rings. The number of amides is 1. The summed E-state index contributed by atoms with van der Waals surface area (Å²) in [6, 6.07) is 14.5. The van der Waals surface area contributed by atoms with Crippen LogP contribution in [-0.4, -0.2) is 42.3 Å². The van der Waals surface area contributed by atoms with Crippen LogP contribution in [0.2, 0.25) is 0 Å². The van der Waals surface area contributed by atoms with E-state index in [2.05, 4.69) is 30.2 Å². The molecule has 39 heavy (non-hydrogen) atoms. The maximum atomic E-state index is 13.8. The van der Waals surface area contributed by atoms with Gasteiger partial charge in [0.15, 0.2) is 11.6 Å². The summed E-state index contributed by atoms with van der Waals surface area (Å²) < 4.78 is 27.2. The summed E-state index contributed by atoms with van der Waals surface area (Å²) in [5, 5.41) is 3.86. The molecule has 3 aromatic heterocycles. The van der Waals surface area contributed by atoms with Crippen LogP contribution in [0.15, 0.2) is 90.4 Å². The van der Waals surface area contributed by atoms with Crippen molar-refractivity contribution in [1.82, 2.24) is 29.8 Å². The Morgan fingerprint density at radius 3 is 2.72 bits per heavy atom. The number of hydrogen-bond donors (Lipinski definition) is 2. The van der Waals surface area contributed by atoms with Gasteiger partial charge in [-0.3, -0.25) is 9.59 Å². The highest BCUT2D eigenvalue weighted by Gasteiger charge is 2.19. The summed E-state index contributed by atoms with van der Waals surface area (Å²) >= 11 is 0. The number of nitrogens with zero attached hydrogens (tertiary/aromatic N) is 5. The molecule has 1 amide bonds. The van der Waals surface area contributed by atoms with Gasteiger partial charge < -0.3 is 15.2 Å². The summed E-state index contributed by atoms with van der Waals surface area (Å²) in [6.45, 7) is 0.0416. The highest BCUT2D eigenvalue weighted by molar-refractivity contribution is 5.93. The molecule has 5 aromatic rings. The lowest BCUT2D eigenvalue weighted by molar-refractivity contribution is 0.0760. The Labute approximate surface area is 220 Å². The number of halogens is 2. The van der Waals surface area contributed by atoms with E-state index >= 15 is 0 Å². The third-order valence-electron chi connectivity index (χ3n) is 5.74. The molecular weight excluding hydrogens is 504 g/mol. The minimum atomic E-state index is -1.02. The van der Waals surface area contributed by atoms with Crippen LogP contribution in [0.25, 0.3) is 17.0 Å². The smallest absolute Gasteiger partial charge is 0.263 e. The Morgan fingerprint density at radius 1 is 1.03 bits per heavy atom. The van der Waals surface area contributed by atoms with Crippen molar-refractivity contribution in [2.75, 3.05) is 11.9 Å². The average molecular weight is 526 g/mol. The number of pyridine rings is 1. The summed E-state index contributed by atoms with van der Waals surface area (Å²) in [7, 11) is 0. The second kappa shape index (κ2) is 11.4. The van der Waals surface area contributed by atoms with Crippen LogP contribution in [0.4, 0.5) is 20.5 Å². The van der Waals surface area contributed by atoms with Gasteiger partial charge in [-0.2, -0.15) is 0 Å². The lowest BCUT2D eigenvalue weighted by Gasteiger charge is -2.21. The zero-order chi connectivity index (χ0) is 27.2. The number of benzene rings is 2. The number of aromatic nitrogens is 5. The van der Waals surface area contributed by atoms with Crippen molar-refractivity contribution in [2.24, 2.45) is 0 Å². The van der Waals surface area contributed by atoms with Gasteiger partial charge in [-0.25, -0.2) is 28.7 Å². The Bertz CT molecular complexity index is 1720. The SMILES string of the molecule is O=C(c1cnc[nH]c1=O)N(C/C=C/c1ccc2nc(Nc3ccccn3)ncc2c1)Cc1ccc(F)c(F)c1. The Balaban J connectivity index is 1.34. The standard InChI is InChI=1S/C28H21F2N7O2/c29-22-8-6-19(13-23(22)30)16-37(27(39)21-15-31-17-34-26(21)38)11-3-4-18-7-9-24-20(12-18)14-33-28(35-24)36-25-5-1-2-10-32-25/h1-10,12-15,17H,11,16H2,(H,31,34,38)(H,32,33,35,36)/b4-3+. The molecule has 0 atom stereocenters. The van der Waals surface area contributed by atoms with Crippen molar-refractivity contribution in [3.05, 3.63) is 124 Å². The average Bonchev–Trinajstić information content (AvgIpc) is 2.95. The van der Waals surface area contributed by atoms with Gasteiger partial charge >= 0.3 is 0 Å². The molecule has 2 N–H and O–H groups in total. The molecule has 0 saturated carbocycles. The Hall–Kier alpha value is -5.32. The quantitative estimate of drug-likeness (QED) is 0.307. The first-order chi connectivity index (χ1) is 19.0. The zero-order valence-electron chi connectivity index (χ0n) is 20.4. The van der Waals surface area contributed by atoms with Gasteiger partial charge in [0.05, 0.1) is 11.8 Å². The third kappa shape index (κ3) is 6.16. The first kappa shape index (κ1) is 25.3. The van der Waals surface area contributed by atoms with Crippen LogP contribution < -0.4 is 10.9 Å². The zero-order valence-corrected chi connectivity index (χ0v) is 20.4. The molecule has 0 radical (unpaired) electrons. The molecule has 0 aliphatic rings. The number of rotatable bonds is 8. The van der Waals surface area contributed by atoms with E-state index < -0.39 is 23.1 Å². The third-order valence-corrected chi connectivity index (χ3v) is 5.74. The number of anilines is 2. The molecule has 9 nitrogen and oxygen atoms in total. The number of carbonyl (C=O) groups excluding carboxylic acids is 1. The molecule has 11 heteroatoms. The van der Waals surface area contributed by atoms with Gasteiger partial charge in [-0.05, 0) is 47.5 Å². The molecule has 194 valence electrons. The maximum absolute atomic E-state index is 13.8. The predicted octanol–water partition coefficient (Wildman–Crippen LogP) is 4.49. The molecule has 0 aliphatic carbocycles. The van der Waals surface area contributed by atoms with E-state index in [4.69, 9.17) is 0 Å². The molecule has 5 rings (SSSR count). The van der Waals surface area contributed by atoms with Gasteiger partial charge in [-0.1, -0.05) is 30.4 Å². The highest BCUT2D eigenvalue weighted by atomic mass is 19.2. The molecule has 0 saturated heterocycles. The molecule has 3 heterocycles. The summed E-state index contributed by atoms with van der Waals surface area (Å²) in [5.41, 5.74) is 1.17. The van der Waals surface area contributed by atoms with Crippen molar-refractivity contribution in [3.63, 3.8) is 0 Å². The van der Waals surface area contributed by atoms with Gasteiger partial charge in [0.2, 0.25) is 5.95 Å². The largest absolute Gasteiger partial charge is 0.330 e. The van der Waals surface area contributed by atoms with E-state index in [0.29, 0.717) is 17.3 Å². The number of carbonyl (C=O) groups is 1. The maximum Gasteiger partial charge on any atom is 0.263 e. The minimum Gasteiger partial charge on any atom is -0.330 e. The van der Waals surface area contributed by atoms with Crippen molar-refractivity contribution < 1.29 is 13.6 Å². The van der Waals surface area contributed by atoms with E-state index in [1.165, 1.54) is 23.5 Å². The topological polar surface area (TPSA) is 117 Å². The normalized spacial score (nSPS) is 11.1. The highest BCUT2D eigenvalue weighted by Crippen LogP contribution is 2.18. The Morgan fingerprint density at radius 2 is 1.92 bits per heavy atom. The van der Waals surface area contributed by atoms with E-state index in [-0.39, 0.29) is 18.7 Å². The predicted molar refractivity (Wildman–Crippen MR) is 142 cm³/mol. The Kier molecular flexibility index (Phi) is 7.39. The van der Waals surface area contributed by atoms with Crippen LogP contribution >= 0.6 is 0 Å².